The van der Waals surface area contributed by atoms with Crippen LogP contribution in [-0.2, 0) is 17.9 Å². The minimum atomic E-state index is -0.465. The number of carbonyl (C=O) groups excluding carboxylic acids is 1. The van der Waals surface area contributed by atoms with Gasteiger partial charge in [-0.05, 0) is 72.6 Å². The van der Waals surface area contributed by atoms with E-state index < -0.39 is 5.82 Å². The van der Waals surface area contributed by atoms with E-state index in [1.165, 1.54) is 25.2 Å². The largest absolute Gasteiger partial charge is 0.373 e. The average Bonchev–Trinajstić information content (AvgIpc) is 3.59. The van der Waals surface area contributed by atoms with Crippen LogP contribution in [-0.4, -0.2) is 37.0 Å². The number of likely N-dealkylation sites (tertiary alicyclic amines) is 1. The van der Waals surface area contributed by atoms with E-state index in [9.17, 15) is 13.6 Å². The third-order valence-electron chi connectivity index (χ3n) is 6.14. The molecule has 4 nitrogen and oxygen atoms in total. The third kappa shape index (κ3) is 5.43. The molecule has 0 atom stereocenters. The third-order valence-corrected chi connectivity index (χ3v) is 6.49. The van der Waals surface area contributed by atoms with Gasteiger partial charge < -0.3 is 10.1 Å². The Hall–Kier alpha value is -2.02. The fourth-order valence-electron chi connectivity index (χ4n) is 4.17. The molecule has 31 heavy (non-hydrogen) atoms. The number of hydrogen-bond acceptors (Lipinski definition) is 3. The van der Waals surface area contributed by atoms with Crippen LogP contribution >= 0.6 is 11.6 Å². The molecular formula is C24H27ClF2N2O2. The zero-order chi connectivity index (χ0) is 22.0. The van der Waals surface area contributed by atoms with Gasteiger partial charge in [0.25, 0.3) is 5.91 Å². The van der Waals surface area contributed by atoms with E-state index in [1.807, 2.05) is 0 Å². The minimum absolute atomic E-state index is 0.118. The van der Waals surface area contributed by atoms with Crippen LogP contribution in [0, 0.1) is 11.6 Å². The molecule has 1 N–H and O–H groups in total. The standard InChI is InChI=1S/C24H27ClF2N2O2/c1-28-24(30)21-12-20(15-2-3-15)17(10-23(21)27)13-29-8-6-19(7-9-29)31-14-16-4-5-18(26)11-22(16)25/h4-5,10-12,15,19H,2-3,6-9,13-14H2,1H3,(H,28,30). The topological polar surface area (TPSA) is 41.6 Å². The van der Waals surface area contributed by atoms with Crippen LogP contribution in [0.15, 0.2) is 30.3 Å². The first-order valence-electron chi connectivity index (χ1n) is 10.8. The van der Waals surface area contributed by atoms with Gasteiger partial charge in [-0.25, -0.2) is 8.78 Å². The van der Waals surface area contributed by atoms with Gasteiger partial charge in [0.2, 0.25) is 0 Å². The number of rotatable bonds is 7. The maximum absolute atomic E-state index is 14.6. The molecule has 2 aromatic rings. The molecule has 1 heterocycles. The number of benzene rings is 2. The fourth-order valence-corrected chi connectivity index (χ4v) is 4.39. The minimum Gasteiger partial charge on any atom is -0.373 e. The zero-order valence-electron chi connectivity index (χ0n) is 17.6. The van der Waals surface area contributed by atoms with Crippen LogP contribution in [0.25, 0.3) is 0 Å². The highest BCUT2D eigenvalue weighted by molar-refractivity contribution is 6.31. The highest BCUT2D eigenvalue weighted by Gasteiger charge is 2.29. The number of amides is 1. The molecule has 4 rings (SSSR count). The van der Waals surface area contributed by atoms with Crippen LogP contribution in [0.1, 0.15) is 58.6 Å². The summed E-state index contributed by atoms with van der Waals surface area (Å²) in [5.74, 6) is -0.772. The number of hydrogen-bond donors (Lipinski definition) is 1. The molecule has 1 saturated heterocycles. The van der Waals surface area contributed by atoms with Crippen LogP contribution in [0.2, 0.25) is 5.02 Å². The normalized spacial score (nSPS) is 17.7. The molecule has 0 spiro atoms. The monoisotopic (exact) mass is 448 g/mol. The van der Waals surface area contributed by atoms with Crippen molar-refractivity contribution < 1.29 is 18.3 Å². The second-order valence-corrected chi connectivity index (χ2v) is 8.81. The number of ether oxygens (including phenoxy) is 1. The molecule has 166 valence electrons. The number of carbonyl (C=O) groups is 1. The number of halogens is 3. The Kier molecular flexibility index (Phi) is 6.89. The van der Waals surface area contributed by atoms with Crippen LogP contribution in [0.4, 0.5) is 8.78 Å². The summed E-state index contributed by atoms with van der Waals surface area (Å²) >= 11 is 6.07. The summed E-state index contributed by atoms with van der Waals surface area (Å²) in [4.78, 5) is 14.3. The number of nitrogens with zero attached hydrogens (tertiary/aromatic N) is 1. The Morgan fingerprint density at radius 1 is 1.13 bits per heavy atom. The second kappa shape index (κ2) is 9.63. The fraction of sp³-hybridized carbons (Fsp3) is 0.458. The average molecular weight is 449 g/mol. The summed E-state index contributed by atoms with van der Waals surface area (Å²) < 4.78 is 33.7. The van der Waals surface area contributed by atoms with E-state index in [0.717, 1.165) is 55.5 Å². The Morgan fingerprint density at radius 2 is 1.87 bits per heavy atom. The van der Waals surface area contributed by atoms with Crippen molar-refractivity contribution in [2.24, 2.45) is 0 Å². The van der Waals surface area contributed by atoms with Gasteiger partial charge >= 0.3 is 0 Å². The predicted molar refractivity (Wildman–Crippen MR) is 116 cm³/mol. The van der Waals surface area contributed by atoms with Crippen molar-refractivity contribution in [3.63, 3.8) is 0 Å². The first-order valence-corrected chi connectivity index (χ1v) is 11.1. The predicted octanol–water partition coefficient (Wildman–Crippen LogP) is 5.04. The zero-order valence-corrected chi connectivity index (χ0v) is 18.4. The highest BCUT2D eigenvalue weighted by Crippen LogP contribution is 2.43. The van der Waals surface area contributed by atoms with Crippen molar-refractivity contribution in [3.05, 3.63) is 69.2 Å². The molecule has 2 aromatic carbocycles. The molecule has 1 saturated carbocycles. The van der Waals surface area contributed by atoms with Gasteiger partial charge in [-0.1, -0.05) is 17.7 Å². The molecule has 2 aliphatic rings. The van der Waals surface area contributed by atoms with Gasteiger partial charge in [0, 0.05) is 31.7 Å². The van der Waals surface area contributed by atoms with Crippen molar-refractivity contribution in [1.82, 2.24) is 10.2 Å². The molecular weight excluding hydrogens is 422 g/mol. The van der Waals surface area contributed by atoms with Gasteiger partial charge in [0.1, 0.15) is 11.6 Å². The lowest BCUT2D eigenvalue weighted by Crippen LogP contribution is -2.36. The summed E-state index contributed by atoms with van der Waals surface area (Å²) in [6.45, 7) is 2.74. The lowest BCUT2D eigenvalue weighted by molar-refractivity contribution is -0.00398. The van der Waals surface area contributed by atoms with Crippen LogP contribution < -0.4 is 5.32 Å². The molecule has 1 amide bonds. The summed E-state index contributed by atoms with van der Waals surface area (Å²) in [7, 11) is 1.52. The molecule has 0 aromatic heterocycles. The summed E-state index contributed by atoms with van der Waals surface area (Å²) in [5, 5.41) is 2.90. The van der Waals surface area contributed by atoms with Crippen LogP contribution in [0.5, 0.6) is 0 Å². The molecule has 7 heteroatoms. The van der Waals surface area contributed by atoms with Crippen molar-refractivity contribution >= 4 is 17.5 Å². The van der Waals surface area contributed by atoms with Crippen LogP contribution in [0.3, 0.4) is 0 Å². The maximum Gasteiger partial charge on any atom is 0.254 e. The first-order chi connectivity index (χ1) is 14.9. The summed E-state index contributed by atoms with van der Waals surface area (Å²) in [6.07, 6.45) is 4.04. The summed E-state index contributed by atoms with van der Waals surface area (Å²) in [5.41, 5.74) is 2.99. The maximum atomic E-state index is 14.6. The van der Waals surface area contributed by atoms with E-state index in [1.54, 1.807) is 12.1 Å². The van der Waals surface area contributed by atoms with E-state index >= 15 is 0 Å². The lowest BCUT2D eigenvalue weighted by atomic mass is 9.97. The quantitative estimate of drug-likeness (QED) is 0.645. The summed E-state index contributed by atoms with van der Waals surface area (Å²) in [6, 6.07) is 7.62. The molecule has 0 radical (unpaired) electrons. The Morgan fingerprint density at radius 3 is 2.52 bits per heavy atom. The van der Waals surface area contributed by atoms with Crippen molar-refractivity contribution in [1.29, 1.82) is 0 Å². The van der Waals surface area contributed by atoms with Gasteiger partial charge in [-0.15, -0.1) is 0 Å². The Balaban J connectivity index is 1.34. The van der Waals surface area contributed by atoms with Gasteiger partial charge in [0.05, 0.1) is 18.3 Å². The second-order valence-electron chi connectivity index (χ2n) is 8.41. The van der Waals surface area contributed by atoms with Gasteiger partial charge in [-0.3, -0.25) is 9.69 Å². The smallest absolute Gasteiger partial charge is 0.254 e. The lowest BCUT2D eigenvalue weighted by Gasteiger charge is -2.32. The van der Waals surface area contributed by atoms with Gasteiger partial charge in [0.15, 0.2) is 0 Å². The Labute approximate surface area is 186 Å². The van der Waals surface area contributed by atoms with Crippen molar-refractivity contribution in [3.8, 4) is 0 Å². The molecule has 0 bridgehead atoms. The van der Waals surface area contributed by atoms with E-state index in [0.29, 0.717) is 24.1 Å². The number of nitrogens with one attached hydrogen (secondary N) is 1. The van der Waals surface area contributed by atoms with Gasteiger partial charge in [-0.2, -0.15) is 0 Å². The highest BCUT2D eigenvalue weighted by atomic mass is 35.5. The van der Waals surface area contributed by atoms with E-state index in [-0.39, 0.29) is 23.4 Å². The molecule has 1 aliphatic carbocycles. The number of piperidine rings is 1. The molecule has 0 unspecified atom stereocenters. The SMILES string of the molecule is CNC(=O)c1cc(C2CC2)c(CN2CCC(OCc3ccc(F)cc3Cl)CC2)cc1F. The van der Waals surface area contributed by atoms with E-state index in [4.69, 9.17) is 16.3 Å². The Bertz CT molecular complexity index is 957. The van der Waals surface area contributed by atoms with Crippen molar-refractivity contribution in [2.75, 3.05) is 20.1 Å². The van der Waals surface area contributed by atoms with Crippen molar-refractivity contribution in [2.45, 2.75) is 50.9 Å². The van der Waals surface area contributed by atoms with E-state index in [2.05, 4.69) is 10.2 Å². The molecule has 1 aliphatic heterocycles. The first kappa shape index (κ1) is 22.2. The molecule has 2 fully saturated rings.